The molecule has 2 aliphatic rings. The zero-order chi connectivity index (χ0) is 14.5. The van der Waals surface area contributed by atoms with Gasteiger partial charge in [0.15, 0.2) is 0 Å². The van der Waals surface area contributed by atoms with E-state index < -0.39 is 0 Å². The van der Waals surface area contributed by atoms with Gasteiger partial charge in [0.2, 0.25) is 0 Å². The van der Waals surface area contributed by atoms with Gasteiger partial charge < -0.3 is 14.4 Å². The molecule has 0 fully saturated rings. The van der Waals surface area contributed by atoms with Gasteiger partial charge in [-0.05, 0) is 36.4 Å². The number of anilines is 2. The molecule has 106 valence electrons. The molecule has 22 heavy (non-hydrogen) atoms. The van der Waals surface area contributed by atoms with E-state index in [2.05, 4.69) is 93.5 Å². The number of rotatable bonds is 1. The molecule has 0 aliphatic carbocycles. The summed E-state index contributed by atoms with van der Waals surface area (Å²) in [5, 5.41) is 0. The van der Waals surface area contributed by atoms with Crippen molar-refractivity contribution in [2.24, 2.45) is 0 Å². The molecule has 0 saturated carbocycles. The van der Waals surface area contributed by atoms with Crippen LogP contribution in [-0.4, -0.2) is 11.2 Å². The smallest absolute Gasteiger partial charge is 0.0997 e. The van der Waals surface area contributed by atoms with Crippen molar-refractivity contribution >= 4 is 17.1 Å². The van der Waals surface area contributed by atoms with Gasteiger partial charge in [0.25, 0.3) is 0 Å². The van der Waals surface area contributed by atoms with E-state index >= 15 is 0 Å². The second-order valence-corrected chi connectivity index (χ2v) is 5.64. The Bertz CT molecular complexity index is 876. The lowest BCUT2D eigenvalue weighted by Gasteiger charge is -2.31. The molecule has 0 spiro atoms. The summed E-state index contributed by atoms with van der Waals surface area (Å²) in [6.07, 6.45) is 4.38. The number of fused-ring (bicyclic) bond motifs is 6. The average Bonchev–Trinajstić information content (AvgIpc) is 3.23. The predicted molar refractivity (Wildman–Crippen MR) is 90.0 cm³/mol. The number of para-hydroxylation sites is 3. The maximum Gasteiger partial charge on any atom is 0.0997 e. The number of hydrogen-bond donors (Lipinski definition) is 0. The minimum Gasteiger partial charge on any atom is -0.327 e. The van der Waals surface area contributed by atoms with Crippen molar-refractivity contribution in [3.8, 4) is 5.69 Å². The minimum atomic E-state index is 0.849. The molecule has 3 heterocycles. The SMILES string of the molecule is C1=C2c3cccn3-c3ccccc3N2CN1c1ccccc1. The molecule has 0 saturated heterocycles. The van der Waals surface area contributed by atoms with Gasteiger partial charge in [-0.25, -0.2) is 0 Å². The first-order valence-electron chi connectivity index (χ1n) is 7.50. The molecule has 0 bridgehead atoms. The van der Waals surface area contributed by atoms with Crippen LogP contribution in [0.5, 0.6) is 0 Å². The third-order valence-corrected chi connectivity index (χ3v) is 4.39. The van der Waals surface area contributed by atoms with Crippen molar-refractivity contribution in [1.29, 1.82) is 0 Å². The Hall–Kier alpha value is -2.94. The molecule has 1 aromatic heterocycles. The summed E-state index contributed by atoms with van der Waals surface area (Å²) in [7, 11) is 0. The second-order valence-electron chi connectivity index (χ2n) is 5.64. The van der Waals surface area contributed by atoms with Gasteiger partial charge in [-0.15, -0.1) is 0 Å². The molecule has 0 N–H and O–H groups in total. The third kappa shape index (κ3) is 1.51. The van der Waals surface area contributed by atoms with E-state index in [4.69, 9.17) is 0 Å². The molecule has 3 heteroatoms. The number of benzene rings is 2. The minimum absolute atomic E-state index is 0.849. The summed E-state index contributed by atoms with van der Waals surface area (Å²) in [6, 6.07) is 23.4. The fourth-order valence-electron chi connectivity index (χ4n) is 3.37. The van der Waals surface area contributed by atoms with Gasteiger partial charge in [-0.1, -0.05) is 30.3 Å². The Morgan fingerprint density at radius 3 is 2.36 bits per heavy atom. The summed E-state index contributed by atoms with van der Waals surface area (Å²) < 4.78 is 2.27. The zero-order valence-electron chi connectivity index (χ0n) is 12.1. The lowest BCUT2D eigenvalue weighted by atomic mass is 10.1. The van der Waals surface area contributed by atoms with Crippen LogP contribution in [0, 0.1) is 0 Å². The van der Waals surface area contributed by atoms with Crippen molar-refractivity contribution in [3.63, 3.8) is 0 Å². The van der Waals surface area contributed by atoms with Crippen molar-refractivity contribution < 1.29 is 0 Å². The fraction of sp³-hybridized carbons (Fsp3) is 0.0526. The Balaban J connectivity index is 1.69. The van der Waals surface area contributed by atoms with Crippen LogP contribution in [0.3, 0.4) is 0 Å². The van der Waals surface area contributed by atoms with E-state index in [1.165, 1.54) is 28.5 Å². The first kappa shape index (κ1) is 11.7. The van der Waals surface area contributed by atoms with E-state index in [-0.39, 0.29) is 0 Å². The van der Waals surface area contributed by atoms with Gasteiger partial charge in [-0.2, -0.15) is 0 Å². The summed E-state index contributed by atoms with van der Waals surface area (Å²) in [5.41, 5.74) is 6.23. The molecular formula is C19H15N3. The lowest BCUT2D eigenvalue weighted by molar-refractivity contribution is 0.930. The predicted octanol–water partition coefficient (Wildman–Crippen LogP) is 4.07. The molecular weight excluding hydrogens is 270 g/mol. The topological polar surface area (TPSA) is 11.4 Å². The monoisotopic (exact) mass is 285 g/mol. The van der Waals surface area contributed by atoms with Crippen LogP contribution in [0.25, 0.3) is 11.4 Å². The highest BCUT2D eigenvalue weighted by Gasteiger charge is 2.31. The molecule has 0 atom stereocenters. The van der Waals surface area contributed by atoms with Gasteiger partial charge in [-0.3, -0.25) is 0 Å². The maximum absolute atomic E-state index is 2.39. The number of nitrogens with zero attached hydrogens (tertiary/aromatic N) is 3. The molecule has 5 rings (SSSR count). The number of aromatic nitrogens is 1. The van der Waals surface area contributed by atoms with E-state index in [0.717, 1.165) is 6.67 Å². The van der Waals surface area contributed by atoms with Gasteiger partial charge in [0, 0.05) is 18.1 Å². The molecule has 3 nitrogen and oxygen atoms in total. The van der Waals surface area contributed by atoms with E-state index in [9.17, 15) is 0 Å². The van der Waals surface area contributed by atoms with Crippen LogP contribution < -0.4 is 9.80 Å². The van der Waals surface area contributed by atoms with Crippen molar-refractivity contribution in [2.45, 2.75) is 0 Å². The molecule has 2 aromatic carbocycles. The van der Waals surface area contributed by atoms with Crippen LogP contribution >= 0.6 is 0 Å². The molecule has 0 unspecified atom stereocenters. The first-order chi connectivity index (χ1) is 10.9. The van der Waals surface area contributed by atoms with E-state index in [1.807, 2.05) is 0 Å². The Morgan fingerprint density at radius 1 is 0.727 bits per heavy atom. The highest BCUT2D eigenvalue weighted by Crippen LogP contribution is 2.41. The van der Waals surface area contributed by atoms with Gasteiger partial charge in [0.05, 0.1) is 29.4 Å². The fourth-order valence-corrected chi connectivity index (χ4v) is 3.37. The molecule has 2 aliphatic heterocycles. The van der Waals surface area contributed by atoms with Gasteiger partial charge >= 0.3 is 0 Å². The summed E-state index contributed by atoms with van der Waals surface area (Å²) >= 11 is 0. The Morgan fingerprint density at radius 2 is 1.50 bits per heavy atom. The largest absolute Gasteiger partial charge is 0.327 e. The highest BCUT2D eigenvalue weighted by molar-refractivity contribution is 5.90. The maximum atomic E-state index is 2.39. The Labute approximate surface area is 129 Å². The van der Waals surface area contributed by atoms with Crippen molar-refractivity contribution in [2.75, 3.05) is 16.5 Å². The van der Waals surface area contributed by atoms with Crippen LogP contribution in [0.1, 0.15) is 5.69 Å². The summed E-state index contributed by atoms with van der Waals surface area (Å²) in [6.45, 7) is 0.849. The lowest BCUT2D eigenvalue weighted by Crippen LogP contribution is -2.29. The normalized spacial score (nSPS) is 15.2. The van der Waals surface area contributed by atoms with Crippen LogP contribution in [0.2, 0.25) is 0 Å². The standard InChI is InChI=1S/C19H15N3/c1-2-7-15(8-3-1)20-13-19-18-11-6-12-21(18)16-9-4-5-10-17(16)22(19)14-20/h1-13H,14H2. The van der Waals surface area contributed by atoms with E-state index in [1.54, 1.807) is 0 Å². The molecule has 0 radical (unpaired) electrons. The van der Waals surface area contributed by atoms with Crippen LogP contribution in [0.4, 0.5) is 11.4 Å². The number of hydrogen-bond acceptors (Lipinski definition) is 2. The highest BCUT2D eigenvalue weighted by atomic mass is 15.4. The van der Waals surface area contributed by atoms with E-state index in [0.29, 0.717) is 0 Å². The van der Waals surface area contributed by atoms with Crippen LogP contribution in [-0.2, 0) is 0 Å². The van der Waals surface area contributed by atoms with Crippen LogP contribution in [0.15, 0.2) is 79.1 Å². The second kappa shape index (κ2) is 4.28. The zero-order valence-corrected chi connectivity index (χ0v) is 12.1. The first-order valence-corrected chi connectivity index (χ1v) is 7.50. The summed E-state index contributed by atoms with van der Waals surface area (Å²) in [5.74, 6) is 0. The molecule has 0 amide bonds. The van der Waals surface area contributed by atoms with Crippen molar-refractivity contribution in [1.82, 2.24) is 4.57 Å². The third-order valence-electron chi connectivity index (χ3n) is 4.39. The van der Waals surface area contributed by atoms with Crippen molar-refractivity contribution in [3.05, 3.63) is 84.8 Å². The summed E-state index contributed by atoms with van der Waals surface area (Å²) in [4.78, 5) is 4.69. The van der Waals surface area contributed by atoms with Gasteiger partial charge in [0.1, 0.15) is 0 Å². The Kier molecular flexibility index (Phi) is 2.27. The quantitative estimate of drug-likeness (QED) is 0.667. The molecule has 3 aromatic rings. The average molecular weight is 285 g/mol.